The standard InChI is InChI=1S/C96H118F3N17O21S/c1-7-8-25-74-95(136)116-49-62(120)44-77(116)91(132)108-70(45-81(123)124)88(129)111-83(52(2)3)96(137)113(5)75(40-53-18-11-9-12-19-53)89(130)109-72(38-56-28-32-60(118)33-29-56)93(134)115-48-61(119)43-76(115)90(131)107-69(42-58-46-102-66-23-16-15-22-63(58)66)87(128)106-68(37-55-26-30-59(117)31-27-55)86(127)105-67(24-17-34-100)85(126)110-73(84(125)103-47-79(101)121)50-138-51-80(122)104-71(39-57-35-64(97)82(99)65(98)36-57)92(133)114(6)78(94(135)112(74)4)41-54-20-13-10-14-21-54/h9-16,18-23,26-33,35-36,46,52,61-62,67-78,83,102,117-120H,7-8,17,24-25,34,37-45,47-51,100H2,1-6H3,(H2,101,121)(H,103,125)(H,104,122)(H,105,127)(H,106,128)(H,107,131)(H,108,132)(H,109,130)(H,110,126)(H,111,129)(H,123,124)/t61-,62-,67+,68+,69+,70+,71+,72-,73+,74+,75-,76-,77-,78+,83+/m1/s1. The number of aromatic hydroxyl groups is 2. The number of carbonyl (C=O) groups is 16. The van der Waals surface area contributed by atoms with Crippen LogP contribution in [0.5, 0.6) is 11.5 Å². The van der Waals surface area contributed by atoms with E-state index in [1.807, 2.05) is 0 Å². The fourth-order valence-corrected chi connectivity index (χ4v) is 17.8. The van der Waals surface area contributed by atoms with Gasteiger partial charge in [-0.15, -0.1) is 11.8 Å². The van der Waals surface area contributed by atoms with E-state index in [1.54, 1.807) is 98.0 Å². The largest absolute Gasteiger partial charge is 0.508 e. The Kier molecular flexibility index (Phi) is 38.2. The van der Waals surface area contributed by atoms with Crippen molar-refractivity contribution in [2.45, 2.75) is 201 Å². The highest BCUT2D eigenvalue weighted by Gasteiger charge is 2.48. The Morgan fingerprint density at radius 1 is 0.493 bits per heavy atom. The lowest BCUT2D eigenvalue weighted by Crippen LogP contribution is -2.62. The van der Waals surface area contributed by atoms with Gasteiger partial charge in [-0.2, -0.15) is 0 Å². The maximum atomic E-state index is 15.8. The minimum Gasteiger partial charge on any atom is -0.508 e. The van der Waals surface area contributed by atoms with E-state index in [4.69, 9.17) is 11.5 Å². The molecule has 6 aromatic carbocycles. The van der Waals surface area contributed by atoms with Crippen LogP contribution in [0.4, 0.5) is 13.2 Å². The molecule has 3 saturated heterocycles. The molecule has 15 atom stereocenters. The van der Waals surface area contributed by atoms with E-state index in [1.165, 1.54) is 76.5 Å². The fraction of sp³-hybridized carbons (Fsp3) is 0.438. The number of hydrogen-bond acceptors (Lipinski definition) is 22. The number of aromatic nitrogens is 1. The SMILES string of the molecule is CCCC[C@H]1C(=O)N2C[C@H](O)C[C@@H]2C(=O)N[C@@H](CC(=O)O)C(=O)N[C@@H](C(C)C)C(=O)N(C)[C@H](Cc2ccccc2)C(=O)N[C@H](Cc2ccc(O)cc2)C(=O)N2C[C@H](O)C[C@@H]2C(=O)N[C@@H](Cc2c[nH]c3ccccc23)C(=O)N[C@@H](Cc2ccc(O)cc2)C(=O)N[C@@H](CCCN)C(=O)N[C@H](C(=O)NCC(N)=O)CSCC(=O)N[C@@H](Cc2cc(F)c(F)c(F)c2)C(=O)N(C)[C@@H](Cc2ccccc2)C(=O)N1C. The lowest BCUT2D eigenvalue weighted by atomic mass is 9.98. The topological polar surface area (TPSA) is 567 Å². The number of unbranched alkanes of at least 4 members (excludes halogenated alkanes) is 1. The number of nitrogens with two attached hydrogens (primary N) is 2. The van der Waals surface area contributed by atoms with Crippen molar-refractivity contribution >= 4 is 117 Å². The molecule has 740 valence electrons. The Bertz CT molecular complexity index is 5510. The molecule has 1 aromatic heterocycles. The molecule has 138 heavy (non-hydrogen) atoms. The van der Waals surface area contributed by atoms with Gasteiger partial charge in [0.25, 0.3) is 0 Å². The molecule has 38 nitrogen and oxygen atoms in total. The van der Waals surface area contributed by atoms with Crippen molar-refractivity contribution in [3.63, 3.8) is 0 Å². The summed E-state index contributed by atoms with van der Waals surface area (Å²) in [7, 11) is 3.61. The van der Waals surface area contributed by atoms with Crippen molar-refractivity contribution in [3.8, 4) is 11.5 Å². The quantitative estimate of drug-likeness (QED) is 0.0365. The summed E-state index contributed by atoms with van der Waals surface area (Å²) >= 11 is 0.634. The monoisotopic (exact) mass is 1930 g/mol. The van der Waals surface area contributed by atoms with E-state index >= 15 is 51.9 Å². The van der Waals surface area contributed by atoms with Gasteiger partial charge in [0, 0.05) is 108 Å². The van der Waals surface area contributed by atoms with Crippen molar-refractivity contribution in [1.82, 2.24) is 77.3 Å². The van der Waals surface area contributed by atoms with Crippen LogP contribution in [-0.4, -0.2) is 299 Å². The molecule has 0 saturated carbocycles. The van der Waals surface area contributed by atoms with E-state index < -0.39 is 278 Å². The van der Waals surface area contributed by atoms with Crippen molar-refractivity contribution in [2.75, 3.05) is 58.8 Å². The normalized spacial score (nSPS) is 24.2. The highest BCUT2D eigenvalue weighted by Crippen LogP contribution is 2.29. The van der Waals surface area contributed by atoms with E-state index in [9.17, 15) is 63.5 Å². The number of benzene rings is 6. The molecule has 10 rings (SSSR count). The molecule has 0 bridgehead atoms. The average molecular weight is 1940 g/mol. The zero-order chi connectivity index (χ0) is 100. The number of nitrogens with zero attached hydrogens (tertiary/aromatic N) is 5. The molecule has 15 amide bonds. The number of carboxylic acid groups (broad SMARTS) is 1. The number of aliphatic carboxylic acids is 1. The molecule has 0 unspecified atom stereocenters. The number of carboxylic acids is 1. The van der Waals surface area contributed by atoms with Crippen molar-refractivity contribution in [2.24, 2.45) is 17.4 Å². The summed E-state index contributed by atoms with van der Waals surface area (Å²) in [5.41, 5.74) is 13.6. The van der Waals surface area contributed by atoms with Crippen LogP contribution in [0.2, 0.25) is 0 Å². The number of aliphatic hydroxyl groups is 2. The first kappa shape index (κ1) is 106. The lowest BCUT2D eigenvalue weighted by Gasteiger charge is -2.38. The summed E-state index contributed by atoms with van der Waals surface area (Å²) in [6.45, 7) is 2.76. The van der Waals surface area contributed by atoms with Crippen LogP contribution in [0.25, 0.3) is 10.9 Å². The summed E-state index contributed by atoms with van der Waals surface area (Å²) in [6, 6.07) is 12.9. The molecular weight excluding hydrogens is 1820 g/mol. The summed E-state index contributed by atoms with van der Waals surface area (Å²) in [5, 5.41) is 78.2. The fourth-order valence-electron chi connectivity index (χ4n) is 16.9. The number of nitrogens with one attached hydrogen (secondary N) is 10. The highest BCUT2D eigenvalue weighted by molar-refractivity contribution is 8.00. The predicted molar refractivity (Wildman–Crippen MR) is 498 cm³/mol. The minimum absolute atomic E-state index is 0.00243. The summed E-state index contributed by atoms with van der Waals surface area (Å²) in [4.78, 5) is 247. The van der Waals surface area contributed by atoms with Crippen molar-refractivity contribution in [1.29, 1.82) is 0 Å². The number of likely N-dealkylation sites (N-methyl/N-ethyl adjacent to an activating group) is 3. The number of aliphatic hydroxyl groups excluding tert-OH is 2. The number of carbonyl (C=O) groups excluding carboxylic acids is 15. The second-order valence-corrected chi connectivity index (χ2v) is 36.1. The second kappa shape index (κ2) is 49.7. The third kappa shape index (κ3) is 28.8. The number of primary amides is 1. The van der Waals surface area contributed by atoms with Crippen LogP contribution >= 0.6 is 11.8 Å². The van der Waals surface area contributed by atoms with Gasteiger partial charge in [0.2, 0.25) is 88.6 Å². The van der Waals surface area contributed by atoms with Gasteiger partial charge in [-0.25, -0.2) is 13.2 Å². The summed E-state index contributed by atoms with van der Waals surface area (Å²) in [6.07, 6.45) is -5.89. The number of amides is 15. The number of para-hydroxylation sites is 1. The zero-order valence-electron chi connectivity index (χ0n) is 77.0. The van der Waals surface area contributed by atoms with Crippen LogP contribution in [0.3, 0.4) is 0 Å². The third-order valence-electron chi connectivity index (χ3n) is 24.4. The van der Waals surface area contributed by atoms with Crippen LogP contribution in [0, 0.1) is 23.4 Å². The van der Waals surface area contributed by atoms with Gasteiger partial charge in [0.15, 0.2) is 17.5 Å². The molecule has 42 heteroatoms. The molecule has 0 spiro atoms. The van der Waals surface area contributed by atoms with Gasteiger partial charge in [-0.05, 0) is 108 Å². The number of halogens is 3. The Hall–Kier alpha value is -14.0. The molecule has 0 aliphatic carbocycles. The summed E-state index contributed by atoms with van der Waals surface area (Å²) < 4.78 is 45.2. The van der Waals surface area contributed by atoms with Crippen LogP contribution < -0.4 is 59.3 Å². The number of phenols is 2. The molecule has 4 heterocycles. The zero-order valence-corrected chi connectivity index (χ0v) is 77.8. The van der Waals surface area contributed by atoms with Crippen LogP contribution in [0.15, 0.2) is 152 Å². The first-order valence-electron chi connectivity index (χ1n) is 45.3. The predicted octanol–water partition coefficient (Wildman–Crippen LogP) is 0.443. The second-order valence-electron chi connectivity index (χ2n) is 35.0. The summed E-state index contributed by atoms with van der Waals surface area (Å²) in [5.74, 6) is -25.4. The van der Waals surface area contributed by atoms with E-state index in [2.05, 4.69) is 52.8 Å². The maximum absolute atomic E-state index is 15.8. The molecular formula is C96H118F3N17O21S. The molecule has 3 aliphatic rings. The van der Waals surface area contributed by atoms with Gasteiger partial charge in [-0.1, -0.05) is 137 Å². The molecule has 3 aliphatic heterocycles. The number of phenolic OH excluding ortho intramolecular Hbond substituents is 2. The number of rotatable bonds is 24. The van der Waals surface area contributed by atoms with Gasteiger partial charge in [0.05, 0.1) is 30.9 Å². The van der Waals surface area contributed by atoms with Gasteiger partial charge < -0.3 is 114 Å². The van der Waals surface area contributed by atoms with Gasteiger partial charge in [-0.3, -0.25) is 76.7 Å². The van der Waals surface area contributed by atoms with E-state index in [0.29, 0.717) is 69.0 Å². The molecule has 3 fully saturated rings. The third-order valence-corrected chi connectivity index (χ3v) is 25.5. The van der Waals surface area contributed by atoms with Crippen molar-refractivity contribution < 1.29 is 115 Å². The van der Waals surface area contributed by atoms with E-state index in [0.717, 1.165) is 31.5 Å². The lowest BCUT2D eigenvalue weighted by molar-refractivity contribution is -0.152. The number of thioether (sulfide) groups is 1. The Morgan fingerprint density at radius 3 is 1.52 bits per heavy atom. The Morgan fingerprint density at radius 2 is 0.964 bits per heavy atom. The first-order valence-corrected chi connectivity index (χ1v) is 46.4. The maximum Gasteiger partial charge on any atom is 0.305 e. The molecule has 7 aromatic rings. The Balaban J connectivity index is 1.07. The highest BCUT2D eigenvalue weighted by atomic mass is 32.2. The molecule has 19 N–H and O–H groups in total. The van der Waals surface area contributed by atoms with Crippen LogP contribution in [-0.2, 0) is 115 Å². The smallest absolute Gasteiger partial charge is 0.305 e. The van der Waals surface area contributed by atoms with Gasteiger partial charge >= 0.3 is 5.97 Å². The Labute approximate surface area is 797 Å². The number of fused-ring (bicyclic) bond motifs is 3. The first-order chi connectivity index (χ1) is 65.7. The average Bonchev–Trinajstić information content (AvgIpc) is 1.81. The van der Waals surface area contributed by atoms with Crippen molar-refractivity contribution in [3.05, 3.63) is 203 Å². The number of hydrogen-bond donors (Lipinski definition) is 17. The minimum atomic E-state index is -2.06. The van der Waals surface area contributed by atoms with Crippen LogP contribution in [0.1, 0.15) is 106 Å². The van der Waals surface area contributed by atoms with Gasteiger partial charge in [0.1, 0.15) is 90.0 Å². The van der Waals surface area contributed by atoms with E-state index in [-0.39, 0.29) is 69.4 Å². The number of aromatic amines is 1. The number of H-pyrrole nitrogens is 1. The molecule has 0 radical (unpaired) electrons.